The van der Waals surface area contributed by atoms with Crippen molar-refractivity contribution in [1.29, 1.82) is 0 Å². The van der Waals surface area contributed by atoms with Gasteiger partial charge >= 0.3 is 0 Å². The Morgan fingerprint density at radius 2 is 1.84 bits per heavy atom. The lowest BCUT2D eigenvalue weighted by molar-refractivity contribution is 0.462. The summed E-state index contributed by atoms with van der Waals surface area (Å²) >= 11 is 5.75. The summed E-state index contributed by atoms with van der Waals surface area (Å²) in [5.74, 6) is 0. The molecule has 4 nitrogen and oxygen atoms in total. The van der Waals surface area contributed by atoms with Gasteiger partial charge in [0, 0.05) is 18.3 Å². The third-order valence-electron chi connectivity index (χ3n) is 2.63. The van der Waals surface area contributed by atoms with Crippen LogP contribution in [-0.2, 0) is 16.6 Å². The van der Waals surface area contributed by atoms with Crippen molar-refractivity contribution in [1.82, 2.24) is 9.29 Å². The lowest BCUT2D eigenvalue weighted by Gasteiger charge is -2.16. The van der Waals surface area contributed by atoms with E-state index in [-0.39, 0.29) is 11.4 Å². The average molecular weight is 297 g/mol. The molecule has 0 radical (unpaired) electrons. The van der Waals surface area contributed by atoms with Crippen molar-refractivity contribution in [3.63, 3.8) is 0 Å². The topological polar surface area (TPSA) is 50.3 Å². The van der Waals surface area contributed by atoms with Crippen molar-refractivity contribution < 1.29 is 8.42 Å². The van der Waals surface area contributed by atoms with Crippen molar-refractivity contribution in [2.24, 2.45) is 0 Å². The van der Waals surface area contributed by atoms with E-state index in [0.29, 0.717) is 10.7 Å². The Morgan fingerprint density at radius 3 is 2.42 bits per heavy atom. The molecular formula is C13H13ClN2O2S. The first-order valence-electron chi connectivity index (χ1n) is 5.62. The zero-order chi connectivity index (χ0) is 13.9. The van der Waals surface area contributed by atoms with Gasteiger partial charge in [0.1, 0.15) is 0 Å². The molecule has 1 aromatic heterocycles. The lowest BCUT2D eigenvalue weighted by atomic mass is 10.3. The van der Waals surface area contributed by atoms with Crippen molar-refractivity contribution in [3.8, 4) is 0 Å². The van der Waals surface area contributed by atoms with Crippen LogP contribution in [0.2, 0.25) is 5.02 Å². The van der Waals surface area contributed by atoms with E-state index in [1.807, 2.05) is 6.07 Å². The Kier molecular flexibility index (Phi) is 4.19. The van der Waals surface area contributed by atoms with Crippen LogP contribution in [0.4, 0.5) is 0 Å². The molecule has 19 heavy (non-hydrogen) atoms. The second-order valence-electron chi connectivity index (χ2n) is 4.04. The standard InChI is InChI=1S/C13H13ClN2O2S/c1-16(10-12-4-2-3-9-15-12)19(17,18)13-7-5-11(14)6-8-13/h2-9H,10H2,1H3. The molecule has 0 N–H and O–H groups in total. The summed E-state index contributed by atoms with van der Waals surface area (Å²) in [6.45, 7) is 0.228. The monoisotopic (exact) mass is 296 g/mol. The first-order chi connectivity index (χ1) is 9.00. The van der Waals surface area contributed by atoms with Gasteiger partial charge in [-0.3, -0.25) is 4.98 Å². The van der Waals surface area contributed by atoms with Crippen molar-refractivity contribution in [3.05, 3.63) is 59.4 Å². The van der Waals surface area contributed by atoms with Gasteiger partial charge in [-0.2, -0.15) is 4.31 Å². The molecule has 6 heteroatoms. The smallest absolute Gasteiger partial charge is 0.243 e. The number of benzene rings is 1. The summed E-state index contributed by atoms with van der Waals surface area (Å²) in [6, 6.07) is 11.5. The van der Waals surface area contributed by atoms with Crippen LogP contribution < -0.4 is 0 Å². The van der Waals surface area contributed by atoms with Crippen LogP contribution in [0.25, 0.3) is 0 Å². The molecule has 2 rings (SSSR count). The first-order valence-corrected chi connectivity index (χ1v) is 7.44. The number of nitrogens with zero attached hydrogens (tertiary/aromatic N) is 2. The Balaban J connectivity index is 2.22. The fourth-order valence-corrected chi connectivity index (χ4v) is 2.86. The predicted molar refractivity (Wildman–Crippen MR) is 74.3 cm³/mol. The number of pyridine rings is 1. The Bertz CT molecular complexity index is 642. The minimum absolute atomic E-state index is 0.218. The van der Waals surface area contributed by atoms with E-state index >= 15 is 0 Å². The van der Waals surface area contributed by atoms with Crippen molar-refractivity contribution in [2.45, 2.75) is 11.4 Å². The molecule has 0 atom stereocenters. The summed E-state index contributed by atoms with van der Waals surface area (Å²) in [4.78, 5) is 4.33. The Hall–Kier alpha value is -1.43. The van der Waals surface area contributed by atoms with Crippen molar-refractivity contribution in [2.75, 3.05) is 7.05 Å². The molecule has 0 aliphatic heterocycles. The summed E-state index contributed by atoms with van der Waals surface area (Å²) in [5.41, 5.74) is 0.697. The van der Waals surface area contributed by atoms with Gasteiger partial charge in [0.2, 0.25) is 10.0 Å². The molecule has 0 amide bonds. The van der Waals surface area contributed by atoms with Crippen LogP contribution in [0, 0.1) is 0 Å². The second-order valence-corrected chi connectivity index (χ2v) is 6.52. The van der Waals surface area contributed by atoms with Gasteiger partial charge in [-0.1, -0.05) is 17.7 Å². The van der Waals surface area contributed by atoms with E-state index < -0.39 is 10.0 Å². The molecule has 0 bridgehead atoms. The number of aromatic nitrogens is 1. The van der Waals surface area contributed by atoms with Crippen LogP contribution in [0.5, 0.6) is 0 Å². The quantitative estimate of drug-likeness (QED) is 0.871. The molecule has 1 heterocycles. The molecule has 2 aromatic rings. The fourth-order valence-electron chi connectivity index (χ4n) is 1.59. The van der Waals surface area contributed by atoms with E-state index in [1.54, 1.807) is 30.5 Å². The number of hydrogen-bond acceptors (Lipinski definition) is 3. The van der Waals surface area contributed by atoms with E-state index in [4.69, 9.17) is 11.6 Å². The molecule has 0 aliphatic rings. The third kappa shape index (κ3) is 3.32. The highest BCUT2D eigenvalue weighted by molar-refractivity contribution is 7.89. The molecule has 0 fully saturated rings. The van der Waals surface area contributed by atoms with Gasteiger partial charge < -0.3 is 0 Å². The largest absolute Gasteiger partial charge is 0.260 e. The highest BCUT2D eigenvalue weighted by Crippen LogP contribution is 2.18. The minimum atomic E-state index is -3.52. The molecule has 0 saturated carbocycles. The molecule has 0 saturated heterocycles. The van der Waals surface area contributed by atoms with Gasteiger partial charge in [0.05, 0.1) is 17.1 Å². The van der Waals surface area contributed by atoms with Gasteiger partial charge in [0.25, 0.3) is 0 Å². The maximum atomic E-state index is 12.3. The molecule has 100 valence electrons. The highest BCUT2D eigenvalue weighted by Gasteiger charge is 2.20. The molecular weight excluding hydrogens is 284 g/mol. The SMILES string of the molecule is CN(Cc1ccccn1)S(=O)(=O)c1ccc(Cl)cc1. The summed E-state index contributed by atoms with van der Waals surface area (Å²) in [6.07, 6.45) is 1.64. The summed E-state index contributed by atoms with van der Waals surface area (Å²) in [7, 11) is -1.99. The second kappa shape index (κ2) is 5.69. The van der Waals surface area contributed by atoms with Crippen LogP contribution in [0.3, 0.4) is 0 Å². The molecule has 0 aliphatic carbocycles. The summed E-state index contributed by atoms with van der Waals surface area (Å²) in [5, 5.41) is 0.506. The molecule has 1 aromatic carbocycles. The fraction of sp³-hybridized carbons (Fsp3) is 0.154. The first kappa shape index (κ1) is 14.0. The highest BCUT2D eigenvalue weighted by atomic mass is 35.5. The zero-order valence-corrected chi connectivity index (χ0v) is 11.9. The molecule has 0 spiro atoms. The minimum Gasteiger partial charge on any atom is -0.260 e. The van der Waals surface area contributed by atoms with E-state index in [1.165, 1.54) is 23.5 Å². The van der Waals surface area contributed by atoms with Crippen LogP contribution in [0.15, 0.2) is 53.6 Å². The third-order valence-corrected chi connectivity index (χ3v) is 4.70. The Labute approximate surface area is 117 Å². The van der Waals surface area contributed by atoms with E-state index in [0.717, 1.165) is 0 Å². The van der Waals surface area contributed by atoms with E-state index in [2.05, 4.69) is 4.98 Å². The normalized spacial score (nSPS) is 11.7. The van der Waals surface area contributed by atoms with Crippen LogP contribution in [-0.4, -0.2) is 24.8 Å². The zero-order valence-electron chi connectivity index (χ0n) is 10.3. The van der Waals surface area contributed by atoms with Gasteiger partial charge in [-0.25, -0.2) is 8.42 Å². The maximum Gasteiger partial charge on any atom is 0.243 e. The van der Waals surface area contributed by atoms with Crippen molar-refractivity contribution >= 4 is 21.6 Å². The van der Waals surface area contributed by atoms with Gasteiger partial charge in [-0.05, 0) is 36.4 Å². The van der Waals surface area contributed by atoms with E-state index in [9.17, 15) is 8.42 Å². The molecule has 0 unspecified atom stereocenters. The number of hydrogen-bond donors (Lipinski definition) is 0. The number of sulfonamides is 1. The predicted octanol–water partition coefficient (Wildman–Crippen LogP) is 2.56. The maximum absolute atomic E-state index is 12.3. The summed E-state index contributed by atoms with van der Waals surface area (Å²) < 4.78 is 25.9. The lowest BCUT2D eigenvalue weighted by Crippen LogP contribution is -2.26. The van der Waals surface area contributed by atoms with Crippen LogP contribution in [0.1, 0.15) is 5.69 Å². The average Bonchev–Trinajstić information content (AvgIpc) is 2.40. The number of halogens is 1. The van der Waals surface area contributed by atoms with Gasteiger partial charge in [-0.15, -0.1) is 0 Å². The number of rotatable bonds is 4. The Morgan fingerprint density at radius 1 is 1.16 bits per heavy atom. The van der Waals surface area contributed by atoms with Crippen LogP contribution >= 0.6 is 11.6 Å². The van der Waals surface area contributed by atoms with Gasteiger partial charge in [0.15, 0.2) is 0 Å².